The molecule has 22 heavy (non-hydrogen) atoms. The molecule has 0 spiro atoms. The molecule has 3 aromatic rings. The van der Waals surface area contributed by atoms with Crippen LogP contribution >= 0.6 is 0 Å². The van der Waals surface area contributed by atoms with Gasteiger partial charge in [0.15, 0.2) is 0 Å². The molecule has 1 aromatic heterocycles. The van der Waals surface area contributed by atoms with Gasteiger partial charge in [-0.15, -0.1) is 0 Å². The Morgan fingerprint density at radius 3 is 2.55 bits per heavy atom. The van der Waals surface area contributed by atoms with Gasteiger partial charge in [0.25, 0.3) is 0 Å². The Labute approximate surface area is 129 Å². The van der Waals surface area contributed by atoms with Crippen molar-refractivity contribution < 1.29 is 4.74 Å². The molecule has 0 bridgehead atoms. The molecule has 0 radical (unpaired) electrons. The maximum absolute atomic E-state index is 8.97. The van der Waals surface area contributed by atoms with Crippen molar-refractivity contribution in [2.45, 2.75) is 6.04 Å². The van der Waals surface area contributed by atoms with E-state index in [-0.39, 0.29) is 6.04 Å². The third-order valence-electron chi connectivity index (χ3n) is 3.61. The van der Waals surface area contributed by atoms with Gasteiger partial charge in [-0.25, -0.2) is 4.98 Å². The molecule has 0 aliphatic carbocycles. The van der Waals surface area contributed by atoms with Gasteiger partial charge >= 0.3 is 0 Å². The molecule has 4 heteroatoms. The Morgan fingerprint density at radius 1 is 1.14 bits per heavy atom. The number of para-hydroxylation sites is 1. The molecule has 0 amide bonds. The number of nitriles is 1. The van der Waals surface area contributed by atoms with Crippen LogP contribution in [0.25, 0.3) is 0 Å². The van der Waals surface area contributed by atoms with Crippen molar-refractivity contribution in [3.05, 3.63) is 83.9 Å². The third kappa shape index (κ3) is 2.57. The van der Waals surface area contributed by atoms with E-state index in [2.05, 4.69) is 11.1 Å². The summed E-state index contributed by atoms with van der Waals surface area (Å²) in [6.07, 6.45) is 5.47. The number of hydrogen-bond donors (Lipinski definition) is 0. The molecular formula is C18H15N3O. The monoisotopic (exact) mass is 289 g/mol. The fourth-order valence-corrected chi connectivity index (χ4v) is 2.57. The zero-order valence-corrected chi connectivity index (χ0v) is 12.2. The average Bonchev–Trinajstić information content (AvgIpc) is 3.10. The standard InChI is InChI=1S/C18H15N3O/c1-22-17-5-3-2-4-16(17)18(21-11-10-20-13-21)15-8-6-14(12-19)7-9-15/h2-11,13,18H,1H3. The Morgan fingerprint density at radius 2 is 1.91 bits per heavy atom. The van der Waals surface area contributed by atoms with E-state index in [1.807, 2.05) is 59.3 Å². The minimum absolute atomic E-state index is 0.0496. The number of rotatable bonds is 4. The molecule has 0 saturated carbocycles. The summed E-state index contributed by atoms with van der Waals surface area (Å²) in [4.78, 5) is 4.15. The fraction of sp³-hybridized carbons (Fsp3) is 0.111. The molecule has 3 rings (SSSR count). The van der Waals surface area contributed by atoms with E-state index < -0.39 is 0 Å². The molecule has 0 aliphatic rings. The Bertz CT molecular complexity index is 786. The van der Waals surface area contributed by atoms with Gasteiger partial charge in [-0.1, -0.05) is 30.3 Å². The minimum atomic E-state index is -0.0496. The van der Waals surface area contributed by atoms with Crippen LogP contribution in [0.2, 0.25) is 0 Å². The molecule has 0 fully saturated rings. The van der Waals surface area contributed by atoms with Crippen molar-refractivity contribution >= 4 is 0 Å². The van der Waals surface area contributed by atoms with Gasteiger partial charge in [0.05, 0.1) is 31.1 Å². The van der Waals surface area contributed by atoms with Gasteiger partial charge < -0.3 is 9.30 Å². The number of hydrogen-bond acceptors (Lipinski definition) is 3. The molecule has 1 heterocycles. The smallest absolute Gasteiger partial charge is 0.124 e. The quantitative estimate of drug-likeness (QED) is 0.739. The highest BCUT2D eigenvalue weighted by molar-refractivity contribution is 5.43. The summed E-state index contributed by atoms with van der Waals surface area (Å²) >= 11 is 0. The lowest BCUT2D eigenvalue weighted by molar-refractivity contribution is 0.405. The van der Waals surface area contributed by atoms with E-state index in [1.165, 1.54) is 0 Å². The predicted octanol–water partition coefficient (Wildman–Crippen LogP) is 3.40. The van der Waals surface area contributed by atoms with Crippen molar-refractivity contribution in [1.29, 1.82) is 5.26 Å². The molecule has 2 aromatic carbocycles. The summed E-state index contributed by atoms with van der Waals surface area (Å²) in [7, 11) is 1.67. The molecule has 4 nitrogen and oxygen atoms in total. The maximum atomic E-state index is 8.97. The Hall–Kier alpha value is -3.06. The van der Waals surface area contributed by atoms with Crippen molar-refractivity contribution in [2.75, 3.05) is 7.11 Å². The predicted molar refractivity (Wildman–Crippen MR) is 83.6 cm³/mol. The van der Waals surface area contributed by atoms with Crippen LogP contribution in [0.15, 0.2) is 67.3 Å². The van der Waals surface area contributed by atoms with Gasteiger partial charge in [-0.2, -0.15) is 5.26 Å². The summed E-state index contributed by atoms with van der Waals surface area (Å²) in [6, 6.07) is 17.6. The van der Waals surface area contributed by atoms with Gasteiger partial charge in [0, 0.05) is 18.0 Å². The first-order chi connectivity index (χ1) is 10.8. The largest absolute Gasteiger partial charge is 0.496 e. The Balaban J connectivity index is 2.14. The first-order valence-corrected chi connectivity index (χ1v) is 6.94. The van der Waals surface area contributed by atoms with E-state index in [0.29, 0.717) is 5.56 Å². The van der Waals surface area contributed by atoms with Crippen LogP contribution in [0.4, 0.5) is 0 Å². The molecule has 1 unspecified atom stereocenters. The van der Waals surface area contributed by atoms with E-state index in [9.17, 15) is 0 Å². The number of ether oxygens (including phenoxy) is 1. The van der Waals surface area contributed by atoms with Gasteiger partial charge in [-0.3, -0.25) is 0 Å². The van der Waals surface area contributed by atoms with Crippen LogP contribution in [0.3, 0.4) is 0 Å². The minimum Gasteiger partial charge on any atom is -0.496 e. The van der Waals surface area contributed by atoms with Crippen molar-refractivity contribution in [3.63, 3.8) is 0 Å². The summed E-state index contributed by atoms with van der Waals surface area (Å²) in [5.41, 5.74) is 2.77. The lowest BCUT2D eigenvalue weighted by atomic mass is 9.97. The topological polar surface area (TPSA) is 50.8 Å². The summed E-state index contributed by atoms with van der Waals surface area (Å²) < 4.78 is 7.53. The first kappa shape index (κ1) is 13.9. The second-order valence-corrected chi connectivity index (χ2v) is 4.89. The number of methoxy groups -OCH3 is 1. The number of nitrogens with zero attached hydrogens (tertiary/aromatic N) is 3. The van der Waals surface area contributed by atoms with Crippen molar-refractivity contribution in [2.24, 2.45) is 0 Å². The van der Waals surface area contributed by atoms with Gasteiger partial charge in [0.2, 0.25) is 0 Å². The van der Waals surface area contributed by atoms with E-state index in [0.717, 1.165) is 16.9 Å². The van der Waals surface area contributed by atoms with Crippen LogP contribution in [0, 0.1) is 11.3 Å². The fourth-order valence-electron chi connectivity index (χ4n) is 2.57. The SMILES string of the molecule is COc1ccccc1C(c1ccc(C#N)cc1)n1ccnc1. The third-order valence-corrected chi connectivity index (χ3v) is 3.61. The van der Waals surface area contributed by atoms with Crippen molar-refractivity contribution in [3.8, 4) is 11.8 Å². The zero-order chi connectivity index (χ0) is 15.4. The highest BCUT2D eigenvalue weighted by Crippen LogP contribution is 2.33. The average molecular weight is 289 g/mol. The molecule has 0 N–H and O–H groups in total. The maximum Gasteiger partial charge on any atom is 0.124 e. The second-order valence-electron chi connectivity index (χ2n) is 4.89. The Kier molecular flexibility index (Phi) is 3.88. The van der Waals surface area contributed by atoms with Crippen LogP contribution in [0.5, 0.6) is 5.75 Å². The molecule has 0 saturated heterocycles. The van der Waals surface area contributed by atoms with Gasteiger partial charge in [-0.05, 0) is 23.8 Å². The molecule has 0 aliphatic heterocycles. The van der Waals surface area contributed by atoms with Crippen LogP contribution in [0.1, 0.15) is 22.7 Å². The summed E-state index contributed by atoms with van der Waals surface area (Å²) in [5.74, 6) is 0.825. The number of benzene rings is 2. The summed E-state index contributed by atoms with van der Waals surface area (Å²) in [5, 5.41) is 8.97. The molecule has 1 atom stereocenters. The highest BCUT2D eigenvalue weighted by atomic mass is 16.5. The first-order valence-electron chi connectivity index (χ1n) is 6.94. The van der Waals surface area contributed by atoms with E-state index >= 15 is 0 Å². The van der Waals surface area contributed by atoms with Gasteiger partial charge in [0.1, 0.15) is 5.75 Å². The van der Waals surface area contributed by atoms with Crippen LogP contribution in [-0.4, -0.2) is 16.7 Å². The van der Waals surface area contributed by atoms with Crippen molar-refractivity contribution in [1.82, 2.24) is 9.55 Å². The lowest BCUT2D eigenvalue weighted by Crippen LogP contribution is -2.12. The molecular weight excluding hydrogens is 274 g/mol. The summed E-state index contributed by atoms with van der Waals surface area (Å²) in [6.45, 7) is 0. The second kappa shape index (κ2) is 6.15. The number of imidazole rings is 1. The van der Waals surface area contributed by atoms with E-state index in [4.69, 9.17) is 10.00 Å². The van der Waals surface area contributed by atoms with E-state index in [1.54, 1.807) is 19.6 Å². The normalized spacial score (nSPS) is 11.6. The number of aromatic nitrogens is 2. The zero-order valence-electron chi connectivity index (χ0n) is 12.2. The van der Waals surface area contributed by atoms with Crippen LogP contribution in [-0.2, 0) is 0 Å². The lowest BCUT2D eigenvalue weighted by Gasteiger charge is -2.21. The highest BCUT2D eigenvalue weighted by Gasteiger charge is 2.19. The molecule has 108 valence electrons. The van der Waals surface area contributed by atoms with Crippen LogP contribution < -0.4 is 4.74 Å².